The van der Waals surface area contributed by atoms with Crippen LogP contribution in [-0.4, -0.2) is 39.4 Å². The molecule has 7 heteroatoms. The Hall–Kier alpha value is -2.38. The first-order valence-electron chi connectivity index (χ1n) is 11.9. The molecule has 2 aliphatic rings. The summed E-state index contributed by atoms with van der Waals surface area (Å²) in [7, 11) is -2.33. The van der Waals surface area contributed by atoms with Crippen LogP contribution in [0.3, 0.4) is 0 Å². The van der Waals surface area contributed by atoms with Gasteiger partial charge in [-0.3, -0.25) is 4.79 Å². The Kier molecular flexibility index (Phi) is 7.10. The lowest BCUT2D eigenvalue weighted by molar-refractivity contribution is 0.0693. The molecular weight excluding hydrogens is 436 g/mol. The van der Waals surface area contributed by atoms with Gasteiger partial charge in [0, 0.05) is 19.1 Å². The van der Waals surface area contributed by atoms with Crippen molar-refractivity contribution in [1.29, 1.82) is 0 Å². The largest absolute Gasteiger partial charge is 0.496 e. The van der Waals surface area contributed by atoms with E-state index in [1.54, 1.807) is 11.0 Å². The van der Waals surface area contributed by atoms with Crippen molar-refractivity contribution in [3.63, 3.8) is 0 Å². The smallest absolute Gasteiger partial charge is 0.257 e. The number of ether oxygens (including phenoxy) is 1. The minimum absolute atomic E-state index is 0.0711. The van der Waals surface area contributed by atoms with Crippen LogP contribution < -0.4 is 9.46 Å². The SMILES string of the molecule is COc1ccc(S(=O)(=O)NC(C)c2ccc3c(c2)CCCC3)cc1C(=O)N1CCC(C)CC1. The van der Waals surface area contributed by atoms with Crippen molar-refractivity contribution >= 4 is 15.9 Å². The molecule has 1 saturated heterocycles. The Morgan fingerprint density at radius 2 is 1.76 bits per heavy atom. The summed E-state index contributed by atoms with van der Waals surface area (Å²) in [6.45, 7) is 5.39. The minimum atomic E-state index is -3.83. The summed E-state index contributed by atoms with van der Waals surface area (Å²) in [5.74, 6) is 0.802. The van der Waals surface area contributed by atoms with E-state index in [1.165, 1.54) is 43.2 Å². The Morgan fingerprint density at radius 1 is 1.06 bits per heavy atom. The molecule has 1 aliphatic heterocycles. The van der Waals surface area contributed by atoms with Gasteiger partial charge in [-0.1, -0.05) is 25.1 Å². The fourth-order valence-corrected chi connectivity index (χ4v) is 6.05. The number of piperidine rings is 1. The Bertz CT molecular complexity index is 1120. The molecule has 0 aromatic heterocycles. The number of rotatable bonds is 6. The molecule has 2 aromatic carbocycles. The second-order valence-electron chi connectivity index (χ2n) is 9.42. The number of sulfonamides is 1. The monoisotopic (exact) mass is 470 g/mol. The Morgan fingerprint density at radius 3 is 2.45 bits per heavy atom. The number of nitrogens with one attached hydrogen (secondary N) is 1. The quantitative estimate of drug-likeness (QED) is 0.675. The number of methoxy groups -OCH3 is 1. The molecule has 0 saturated carbocycles. The van der Waals surface area contributed by atoms with Crippen LogP contribution in [0.4, 0.5) is 0 Å². The van der Waals surface area contributed by atoms with Crippen molar-refractivity contribution in [1.82, 2.24) is 9.62 Å². The van der Waals surface area contributed by atoms with Gasteiger partial charge >= 0.3 is 0 Å². The number of hydrogen-bond donors (Lipinski definition) is 1. The zero-order valence-corrected chi connectivity index (χ0v) is 20.6. The van der Waals surface area contributed by atoms with Crippen LogP contribution in [-0.2, 0) is 22.9 Å². The molecule has 1 fully saturated rings. The van der Waals surface area contributed by atoms with Gasteiger partial charge in [0.1, 0.15) is 5.75 Å². The summed E-state index contributed by atoms with van der Waals surface area (Å²) in [4.78, 5) is 15.0. The fraction of sp³-hybridized carbons (Fsp3) is 0.500. The molecule has 1 amide bonds. The highest BCUT2D eigenvalue weighted by Crippen LogP contribution is 2.28. The molecule has 6 nitrogen and oxygen atoms in total. The van der Waals surface area contributed by atoms with Gasteiger partial charge in [-0.15, -0.1) is 0 Å². The predicted molar refractivity (Wildman–Crippen MR) is 129 cm³/mol. The van der Waals surface area contributed by atoms with Gasteiger partial charge < -0.3 is 9.64 Å². The number of amides is 1. The first-order chi connectivity index (χ1) is 15.8. The first-order valence-corrected chi connectivity index (χ1v) is 13.4. The summed E-state index contributed by atoms with van der Waals surface area (Å²) in [5, 5.41) is 0. The number of carbonyl (C=O) groups excluding carboxylic acids is 1. The van der Waals surface area contributed by atoms with E-state index in [1.807, 2.05) is 13.0 Å². The predicted octanol–water partition coefficient (Wildman–Crippen LogP) is 4.49. The maximum atomic E-state index is 13.2. The van der Waals surface area contributed by atoms with E-state index < -0.39 is 10.0 Å². The summed E-state index contributed by atoms with van der Waals surface area (Å²) < 4.78 is 34.6. The molecule has 178 valence electrons. The second-order valence-corrected chi connectivity index (χ2v) is 11.1. The highest BCUT2D eigenvalue weighted by molar-refractivity contribution is 7.89. The molecule has 1 heterocycles. The fourth-order valence-electron chi connectivity index (χ4n) is 4.79. The number of hydrogen-bond acceptors (Lipinski definition) is 4. The van der Waals surface area contributed by atoms with Gasteiger partial charge in [0.25, 0.3) is 5.91 Å². The number of fused-ring (bicyclic) bond motifs is 1. The molecule has 2 aromatic rings. The van der Waals surface area contributed by atoms with E-state index in [0.29, 0.717) is 24.8 Å². The lowest BCUT2D eigenvalue weighted by Crippen LogP contribution is -2.38. The van der Waals surface area contributed by atoms with E-state index in [2.05, 4.69) is 23.8 Å². The van der Waals surface area contributed by atoms with Crippen LogP contribution >= 0.6 is 0 Å². The molecule has 0 radical (unpaired) electrons. The molecule has 33 heavy (non-hydrogen) atoms. The van der Waals surface area contributed by atoms with Gasteiger partial charge in [-0.25, -0.2) is 13.1 Å². The van der Waals surface area contributed by atoms with Crippen molar-refractivity contribution in [2.24, 2.45) is 5.92 Å². The van der Waals surface area contributed by atoms with Crippen LogP contribution in [0.2, 0.25) is 0 Å². The van der Waals surface area contributed by atoms with E-state index in [9.17, 15) is 13.2 Å². The first kappa shape index (κ1) is 23.8. The normalized spacial score (nSPS) is 18.0. The maximum Gasteiger partial charge on any atom is 0.257 e. The van der Waals surface area contributed by atoms with Gasteiger partial charge in [0.05, 0.1) is 17.6 Å². The molecule has 1 aliphatic carbocycles. The average molecular weight is 471 g/mol. The topological polar surface area (TPSA) is 75.7 Å². The van der Waals surface area contributed by atoms with E-state index in [0.717, 1.165) is 31.2 Å². The Labute approximate surface area is 197 Å². The van der Waals surface area contributed by atoms with Crippen LogP contribution in [0.25, 0.3) is 0 Å². The number of nitrogens with zero attached hydrogens (tertiary/aromatic N) is 1. The van der Waals surface area contributed by atoms with Crippen LogP contribution in [0.5, 0.6) is 5.75 Å². The third-order valence-electron chi connectivity index (χ3n) is 6.99. The molecule has 1 atom stereocenters. The minimum Gasteiger partial charge on any atom is -0.496 e. The number of aryl methyl sites for hydroxylation is 2. The third-order valence-corrected chi connectivity index (χ3v) is 8.53. The van der Waals surface area contributed by atoms with Gasteiger partial charge in [0.2, 0.25) is 10.0 Å². The molecule has 1 N–H and O–H groups in total. The van der Waals surface area contributed by atoms with Crippen molar-refractivity contribution in [3.8, 4) is 5.75 Å². The molecule has 0 spiro atoms. The van der Waals surface area contributed by atoms with Crippen molar-refractivity contribution < 1.29 is 17.9 Å². The van der Waals surface area contributed by atoms with E-state index >= 15 is 0 Å². The zero-order chi connectivity index (χ0) is 23.6. The van der Waals surface area contributed by atoms with Crippen molar-refractivity contribution in [3.05, 3.63) is 58.7 Å². The van der Waals surface area contributed by atoms with Crippen LogP contribution in [0, 0.1) is 5.92 Å². The lowest BCUT2D eigenvalue weighted by atomic mass is 9.89. The molecule has 4 rings (SSSR count). The summed E-state index contributed by atoms with van der Waals surface area (Å²) in [6.07, 6.45) is 6.42. The summed E-state index contributed by atoms with van der Waals surface area (Å²) >= 11 is 0. The number of benzene rings is 2. The highest BCUT2D eigenvalue weighted by atomic mass is 32.2. The van der Waals surface area contributed by atoms with Crippen LogP contribution in [0.1, 0.15) is 72.6 Å². The van der Waals surface area contributed by atoms with E-state index in [4.69, 9.17) is 4.74 Å². The van der Waals surface area contributed by atoms with E-state index in [-0.39, 0.29) is 22.4 Å². The van der Waals surface area contributed by atoms with Gasteiger partial charge in [-0.2, -0.15) is 0 Å². The van der Waals surface area contributed by atoms with Gasteiger partial charge in [-0.05, 0) is 86.3 Å². The summed E-state index contributed by atoms with van der Waals surface area (Å²) in [5.41, 5.74) is 3.92. The number of likely N-dealkylation sites (tertiary alicyclic amines) is 1. The average Bonchev–Trinajstić information content (AvgIpc) is 2.83. The Balaban J connectivity index is 1.56. The standard InChI is InChI=1S/C26H34N2O4S/c1-18-12-14-28(15-13-18)26(29)24-17-23(10-11-25(24)32-3)33(30,31)27-19(2)21-9-8-20-6-4-5-7-22(20)16-21/h8-11,16-19,27H,4-7,12-15H2,1-3H3. The maximum absolute atomic E-state index is 13.2. The molecular formula is C26H34N2O4S. The van der Waals surface area contributed by atoms with Crippen molar-refractivity contribution in [2.45, 2.75) is 63.3 Å². The lowest BCUT2D eigenvalue weighted by Gasteiger charge is -2.30. The highest BCUT2D eigenvalue weighted by Gasteiger charge is 2.27. The zero-order valence-electron chi connectivity index (χ0n) is 19.8. The third kappa shape index (κ3) is 5.25. The summed E-state index contributed by atoms with van der Waals surface area (Å²) in [6, 6.07) is 10.4. The van der Waals surface area contributed by atoms with Gasteiger partial charge in [0.15, 0.2) is 0 Å². The molecule has 0 bridgehead atoms. The van der Waals surface area contributed by atoms with Crippen LogP contribution in [0.15, 0.2) is 41.3 Å². The number of carbonyl (C=O) groups is 1. The molecule has 1 unspecified atom stereocenters. The second kappa shape index (κ2) is 9.85. The van der Waals surface area contributed by atoms with Crippen molar-refractivity contribution in [2.75, 3.05) is 20.2 Å².